The van der Waals surface area contributed by atoms with Crippen molar-refractivity contribution < 1.29 is 14.6 Å². The number of aromatic nitrogens is 4. The third kappa shape index (κ3) is 6.23. The molecular formula is C36H44N6O3. The van der Waals surface area contributed by atoms with Crippen LogP contribution in [0.2, 0.25) is 0 Å². The molecule has 45 heavy (non-hydrogen) atoms. The summed E-state index contributed by atoms with van der Waals surface area (Å²) in [6.45, 7) is 17.5. The number of aliphatic carboxylic acids is 1. The van der Waals surface area contributed by atoms with E-state index in [0.29, 0.717) is 11.3 Å². The van der Waals surface area contributed by atoms with Crippen molar-refractivity contribution in [3.05, 3.63) is 71.1 Å². The van der Waals surface area contributed by atoms with Crippen LogP contribution in [0.5, 0.6) is 0 Å². The van der Waals surface area contributed by atoms with E-state index < -0.39 is 17.7 Å². The number of hydrogen-bond donors (Lipinski definition) is 1. The summed E-state index contributed by atoms with van der Waals surface area (Å²) in [6, 6.07) is 8.58. The first-order valence-corrected chi connectivity index (χ1v) is 15.9. The van der Waals surface area contributed by atoms with Gasteiger partial charge in [-0.2, -0.15) is 0 Å². The highest BCUT2D eigenvalue weighted by Gasteiger charge is 2.36. The maximum absolute atomic E-state index is 12.8. The minimum absolute atomic E-state index is 0.241. The van der Waals surface area contributed by atoms with Gasteiger partial charge >= 0.3 is 5.97 Å². The Labute approximate surface area is 265 Å². The molecule has 9 nitrogen and oxygen atoms in total. The number of nitrogens with zero attached hydrogens (tertiary/aromatic N) is 6. The summed E-state index contributed by atoms with van der Waals surface area (Å²) in [4.78, 5) is 35.8. The molecule has 236 valence electrons. The van der Waals surface area contributed by atoms with E-state index in [1.54, 1.807) is 6.33 Å². The summed E-state index contributed by atoms with van der Waals surface area (Å²) in [6.07, 6.45) is 6.99. The van der Waals surface area contributed by atoms with Crippen LogP contribution >= 0.6 is 0 Å². The van der Waals surface area contributed by atoms with E-state index in [4.69, 9.17) is 14.7 Å². The van der Waals surface area contributed by atoms with E-state index >= 15 is 0 Å². The van der Waals surface area contributed by atoms with Crippen molar-refractivity contribution in [2.24, 2.45) is 5.41 Å². The molecule has 0 amide bonds. The number of rotatable bonds is 6. The van der Waals surface area contributed by atoms with Crippen molar-refractivity contribution in [3.8, 4) is 11.1 Å². The fourth-order valence-corrected chi connectivity index (χ4v) is 6.79. The largest absolute Gasteiger partial charge is 0.479 e. The first-order valence-electron chi connectivity index (χ1n) is 15.9. The Kier molecular flexibility index (Phi) is 8.01. The van der Waals surface area contributed by atoms with Crippen LogP contribution in [0.1, 0.15) is 81.6 Å². The maximum Gasteiger partial charge on any atom is 0.337 e. The normalized spacial score (nSPS) is 17.3. The van der Waals surface area contributed by atoms with Crippen molar-refractivity contribution in [1.29, 1.82) is 0 Å². The Morgan fingerprint density at radius 3 is 2.47 bits per heavy atom. The molecule has 1 N–H and O–H groups in total. The molecule has 0 saturated carbocycles. The van der Waals surface area contributed by atoms with Gasteiger partial charge in [0.1, 0.15) is 12.1 Å². The average molecular weight is 609 g/mol. The van der Waals surface area contributed by atoms with Crippen LogP contribution in [0.25, 0.3) is 22.0 Å². The lowest BCUT2D eigenvalue weighted by molar-refractivity contribution is -0.160. The van der Waals surface area contributed by atoms with Gasteiger partial charge in [-0.1, -0.05) is 32.0 Å². The highest BCUT2D eigenvalue weighted by molar-refractivity contribution is 5.90. The first kappa shape index (κ1) is 30.9. The summed E-state index contributed by atoms with van der Waals surface area (Å²) in [5.41, 5.74) is 8.28. The number of carboxylic acids is 1. The lowest BCUT2D eigenvalue weighted by atomic mass is 9.81. The molecule has 9 heteroatoms. The molecule has 3 aromatic heterocycles. The van der Waals surface area contributed by atoms with Gasteiger partial charge < -0.3 is 19.6 Å². The zero-order valence-corrected chi connectivity index (χ0v) is 27.5. The summed E-state index contributed by atoms with van der Waals surface area (Å²) in [5.74, 6) is -0.0962. The van der Waals surface area contributed by atoms with E-state index in [-0.39, 0.29) is 5.41 Å². The average Bonchev–Trinajstić information content (AvgIpc) is 2.98. The molecule has 5 heterocycles. The van der Waals surface area contributed by atoms with Crippen LogP contribution < -0.4 is 9.80 Å². The van der Waals surface area contributed by atoms with Crippen LogP contribution in [0.4, 0.5) is 11.5 Å². The molecule has 0 aliphatic carbocycles. The van der Waals surface area contributed by atoms with Gasteiger partial charge in [0, 0.05) is 61.1 Å². The molecule has 0 spiro atoms. The summed E-state index contributed by atoms with van der Waals surface area (Å²) in [7, 11) is 0. The van der Waals surface area contributed by atoms with E-state index in [0.717, 1.165) is 84.7 Å². The van der Waals surface area contributed by atoms with Gasteiger partial charge in [-0.15, -0.1) is 0 Å². The highest BCUT2D eigenvalue weighted by Crippen LogP contribution is 2.45. The molecular weight excluding hydrogens is 564 g/mol. The van der Waals surface area contributed by atoms with Crippen molar-refractivity contribution in [1.82, 2.24) is 19.9 Å². The molecule has 0 unspecified atom stereocenters. The van der Waals surface area contributed by atoms with Crippen molar-refractivity contribution in [2.75, 3.05) is 29.4 Å². The van der Waals surface area contributed by atoms with Crippen LogP contribution in [0, 0.1) is 19.3 Å². The van der Waals surface area contributed by atoms with Gasteiger partial charge in [-0.25, -0.2) is 19.7 Å². The number of carbonyl (C=O) groups is 1. The SMILES string of the molecule is Cc1nc(C)c([C@H](OC(C)(C)C)C(=O)O)c(N2CCC(C)(C)CC2)c1-c1ccc2c(c1)CCN(c1nccc3ncncc13)C2. The van der Waals surface area contributed by atoms with E-state index in [1.807, 2.05) is 53.1 Å². The predicted octanol–water partition coefficient (Wildman–Crippen LogP) is 6.83. The maximum atomic E-state index is 12.8. The Morgan fingerprint density at radius 1 is 1.00 bits per heavy atom. The van der Waals surface area contributed by atoms with E-state index in [9.17, 15) is 9.90 Å². The van der Waals surface area contributed by atoms with Crippen molar-refractivity contribution in [2.45, 2.75) is 86.0 Å². The van der Waals surface area contributed by atoms with Crippen molar-refractivity contribution >= 4 is 28.4 Å². The standard InChI is InChI=1S/C36H44N6O3/c1-22-29(25-8-9-26-20-42(15-11-24(26)18-25)33-27-19-37-21-39-28(27)10-14-38-33)31(41-16-12-36(6,7)13-17-41)30(23(2)40-22)32(34(43)44)45-35(3,4)5/h8-10,14,18-19,21,32H,11-13,15-17,20H2,1-7H3,(H,43,44)/t32-/m0/s1. The van der Waals surface area contributed by atoms with Gasteiger partial charge in [-0.05, 0) is 82.1 Å². The topological polar surface area (TPSA) is 105 Å². The summed E-state index contributed by atoms with van der Waals surface area (Å²) in [5, 5.41) is 11.5. The number of fused-ring (bicyclic) bond motifs is 2. The van der Waals surface area contributed by atoms with Gasteiger partial charge in [0.05, 0.1) is 22.2 Å². The number of piperidine rings is 1. The lowest BCUT2D eigenvalue weighted by Crippen LogP contribution is -2.39. The quantitative estimate of drug-likeness (QED) is 0.252. The summed E-state index contributed by atoms with van der Waals surface area (Å²) >= 11 is 0. The molecule has 1 saturated heterocycles. The zero-order valence-electron chi connectivity index (χ0n) is 27.5. The van der Waals surface area contributed by atoms with Crippen LogP contribution in [-0.2, 0) is 22.5 Å². The smallest absolute Gasteiger partial charge is 0.337 e. The van der Waals surface area contributed by atoms with E-state index in [2.05, 4.69) is 51.8 Å². The van der Waals surface area contributed by atoms with Gasteiger partial charge in [0.2, 0.25) is 0 Å². The molecule has 2 aliphatic rings. The third-order valence-corrected chi connectivity index (χ3v) is 9.19. The molecule has 6 rings (SSSR count). The summed E-state index contributed by atoms with van der Waals surface area (Å²) < 4.78 is 6.26. The number of ether oxygens (including phenoxy) is 1. The van der Waals surface area contributed by atoms with Gasteiger partial charge in [-0.3, -0.25) is 4.98 Å². The molecule has 1 atom stereocenters. The van der Waals surface area contributed by atoms with Crippen LogP contribution in [0.15, 0.2) is 43.0 Å². The minimum Gasteiger partial charge on any atom is -0.479 e. The molecule has 0 radical (unpaired) electrons. The van der Waals surface area contributed by atoms with Crippen molar-refractivity contribution in [3.63, 3.8) is 0 Å². The number of carboxylic acid groups (broad SMARTS) is 1. The van der Waals surface area contributed by atoms with Gasteiger partial charge in [0.25, 0.3) is 0 Å². The number of hydrogen-bond acceptors (Lipinski definition) is 8. The number of benzene rings is 1. The van der Waals surface area contributed by atoms with Crippen LogP contribution in [0.3, 0.4) is 0 Å². The first-order chi connectivity index (χ1) is 21.3. The number of pyridine rings is 2. The molecule has 1 fully saturated rings. The second-order valence-corrected chi connectivity index (χ2v) is 14.3. The molecule has 1 aromatic carbocycles. The fourth-order valence-electron chi connectivity index (χ4n) is 6.79. The molecule has 4 aromatic rings. The highest BCUT2D eigenvalue weighted by atomic mass is 16.5. The number of aryl methyl sites for hydroxylation is 2. The lowest BCUT2D eigenvalue weighted by Gasteiger charge is -2.41. The van der Waals surface area contributed by atoms with Gasteiger partial charge in [0.15, 0.2) is 6.10 Å². The Balaban J connectivity index is 1.44. The second-order valence-electron chi connectivity index (χ2n) is 14.3. The molecule has 0 bridgehead atoms. The Bertz CT molecular complexity index is 1750. The Morgan fingerprint density at radius 2 is 1.76 bits per heavy atom. The monoisotopic (exact) mass is 608 g/mol. The zero-order chi connectivity index (χ0) is 32.1. The van der Waals surface area contributed by atoms with Crippen LogP contribution in [-0.4, -0.2) is 56.2 Å². The predicted molar refractivity (Wildman–Crippen MR) is 178 cm³/mol. The number of anilines is 2. The third-order valence-electron chi connectivity index (χ3n) is 9.19. The Hall–Kier alpha value is -4.11. The fraction of sp³-hybridized carbons (Fsp3) is 0.472. The second kappa shape index (κ2) is 11.7. The minimum atomic E-state index is -1.13. The molecule has 2 aliphatic heterocycles. The van der Waals surface area contributed by atoms with E-state index in [1.165, 1.54) is 11.1 Å².